The van der Waals surface area contributed by atoms with Gasteiger partial charge in [-0.2, -0.15) is 0 Å². The second kappa shape index (κ2) is 12.5. The summed E-state index contributed by atoms with van der Waals surface area (Å²) in [7, 11) is 6.04. The van der Waals surface area contributed by atoms with E-state index in [1.54, 1.807) is 41.5 Å². The van der Waals surface area contributed by atoms with Crippen molar-refractivity contribution in [2.75, 3.05) is 35.0 Å². The first-order chi connectivity index (χ1) is 15.2. The number of hydrogen-bond donors (Lipinski definition) is 2. The Morgan fingerprint density at radius 2 is 1.21 bits per heavy atom. The van der Waals surface area contributed by atoms with Gasteiger partial charge in [0.2, 0.25) is 5.96 Å². The standard InChI is InChI=1S/C21H39N3O9/c1-20(2,3)32-18(25)23-17(24-19(26)33-21(4,5)6)22-11-12-13(27-7)14(28-8)15(29-9)16(30-10)31-12/h12-16H,11H2,1-10H3,(H2,22,23,24,25,26)/t12-,13-,14+,15-,16+/m1/s1. The van der Waals surface area contributed by atoms with Gasteiger partial charge in [-0.3, -0.25) is 10.6 Å². The third-order valence-corrected chi connectivity index (χ3v) is 4.31. The third kappa shape index (κ3) is 9.80. The maximum absolute atomic E-state index is 12.3. The molecular formula is C21H39N3O9. The lowest BCUT2D eigenvalue weighted by molar-refractivity contribution is -0.300. The summed E-state index contributed by atoms with van der Waals surface area (Å²) in [5.74, 6) is -0.172. The first kappa shape index (κ1) is 29.0. The molecule has 1 fully saturated rings. The van der Waals surface area contributed by atoms with Gasteiger partial charge in [-0.15, -0.1) is 0 Å². The monoisotopic (exact) mass is 477 g/mol. The van der Waals surface area contributed by atoms with Crippen LogP contribution in [0.5, 0.6) is 0 Å². The second-order valence-electron chi connectivity index (χ2n) is 9.32. The molecule has 1 aliphatic rings. The van der Waals surface area contributed by atoms with E-state index in [4.69, 9.17) is 33.2 Å². The van der Waals surface area contributed by atoms with Crippen LogP contribution in [0.25, 0.3) is 0 Å². The molecule has 0 aromatic rings. The molecule has 1 rings (SSSR count). The topological polar surface area (TPSA) is 135 Å². The molecule has 1 aliphatic heterocycles. The minimum atomic E-state index is -0.797. The minimum absolute atomic E-state index is 0.0183. The SMILES string of the molecule is CO[C@H]1O[C@H](CN=C(NC(=O)OC(C)(C)C)NC(=O)OC(C)(C)C)[C@@H](OC)[C@H](OC)[C@H]1OC. The fraction of sp³-hybridized carbons (Fsp3) is 0.857. The Kier molecular flexibility index (Phi) is 11.0. The van der Waals surface area contributed by atoms with E-state index >= 15 is 0 Å². The van der Waals surface area contributed by atoms with Crippen molar-refractivity contribution in [3.05, 3.63) is 0 Å². The van der Waals surface area contributed by atoms with Crippen LogP contribution in [-0.2, 0) is 33.2 Å². The van der Waals surface area contributed by atoms with Crippen molar-refractivity contribution in [3.8, 4) is 0 Å². The van der Waals surface area contributed by atoms with Gasteiger partial charge in [0.15, 0.2) is 6.29 Å². The third-order valence-electron chi connectivity index (χ3n) is 4.31. The maximum atomic E-state index is 12.3. The Hall–Kier alpha value is -1.99. The summed E-state index contributed by atoms with van der Waals surface area (Å²) in [5, 5.41) is 4.85. The molecular weight excluding hydrogens is 438 g/mol. The highest BCUT2D eigenvalue weighted by molar-refractivity contribution is 6.01. The van der Waals surface area contributed by atoms with Crippen LogP contribution in [0.15, 0.2) is 4.99 Å². The molecule has 0 aromatic carbocycles. The highest BCUT2D eigenvalue weighted by Gasteiger charge is 2.47. The number of nitrogens with zero attached hydrogens (tertiary/aromatic N) is 1. The highest BCUT2D eigenvalue weighted by Crippen LogP contribution is 2.27. The summed E-state index contributed by atoms with van der Waals surface area (Å²) in [4.78, 5) is 28.8. The Morgan fingerprint density at radius 1 is 0.758 bits per heavy atom. The molecule has 33 heavy (non-hydrogen) atoms. The van der Waals surface area contributed by atoms with Crippen LogP contribution in [0.2, 0.25) is 0 Å². The lowest BCUT2D eigenvalue weighted by Crippen LogP contribution is -2.61. The van der Waals surface area contributed by atoms with Crippen molar-refractivity contribution in [3.63, 3.8) is 0 Å². The molecule has 0 saturated carbocycles. The largest absolute Gasteiger partial charge is 0.444 e. The Labute approximate surface area is 195 Å². The number of aliphatic imine (C=N–C) groups is 1. The van der Waals surface area contributed by atoms with Gasteiger partial charge in [-0.1, -0.05) is 0 Å². The van der Waals surface area contributed by atoms with Crippen LogP contribution >= 0.6 is 0 Å². The summed E-state index contributed by atoms with van der Waals surface area (Å²) >= 11 is 0. The number of methoxy groups -OCH3 is 4. The van der Waals surface area contributed by atoms with Crippen LogP contribution in [0, 0.1) is 0 Å². The number of amides is 2. The average molecular weight is 478 g/mol. The molecule has 0 bridgehead atoms. The minimum Gasteiger partial charge on any atom is -0.444 e. The Balaban J connectivity index is 3.09. The van der Waals surface area contributed by atoms with Gasteiger partial charge in [0, 0.05) is 28.4 Å². The van der Waals surface area contributed by atoms with Crippen molar-refractivity contribution >= 4 is 18.1 Å². The van der Waals surface area contributed by atoms with Crippen molar-refractivity contribution in [2.45, 2.75) is 83.5 Å². The van der Waals surface area contributed by atoms with E-state index in [1.807, 2.05) is 0 Å². The number of carbonyl (C=O) groups is 2. The first-order valence-electron chi connectivity index (χ1n) is 10.6. The van der Waals surface area contributed by atoms with Crippen molar-refractivity contribution in [1.82, 2.24) is 10.6 Å². The molecule has 5 atom stereocenters. The zero-order valence-corrected chi connectivity index (χ0v) is 21.2. The van der Waals surface area contributed by atoms with Crippen LogP contribution in [0.1, 0.15) is 41.5 Å². The predicted molar refractivity (Wildman–Crippen MR) is 119 cm³/mol. The maximum Gasteiger partial charge on any atom is 0.414 e. The van der Waals surface area contributed by atoms with Crippen molar-refractivity contribution in [2.24, 2.45) is 4.99 Å². The van der Waals surface area contributed by atoms with Gasteiger partial charge < -0.3 is 33.2 Å². The van der Waals surface area contributed by atoms with Gasteiger partial charge in [0.25, 0.3) is 0 Å². The Morgan fingerprint density at radius 3 is 1.58 bits per heavy atom. The van der Waals surface area contributed by atoms with E-state index in [0.717, 1.165) is 0 Å². The van der Waals surface area contributed by atoms with Crippen molar-refractivity contribution in [1.29, 1.82) is 0 Å². The zero-order valence-electron chi connectivity index (χ0n) is 21.2. The summed E-state index contributed by atoms with van der Waals surface area (Å²) in [6.07, 6.45) is -4.60. The molecule has 0 aliphatic carbocycles. The van der Waals surface area contributed by atoms with E-state index in [0.29, 0.717) is 0 Å². The summed E-state index contributed by atoms with van der Waals surface area (Å²) in [6, 6.07) is 0. The zero-order chi connectivity index (χ0) is 25.4. The molecule has 0 spiro atoms. The van der Waals surface area contributed by atoms with Gasteiger partial charge in [0.05, 0.1) is 6.54 Å². The summed E-state index contributed by atoms with van der Waals surface area (Å²) in [5.41, 5.74) is -1.50. The second-order valence-corrected chi connectivity index (χ2v) is 9.32. The number of ether oxygens (including phenoxy) is 7. The van der Waals surface area contributed by atoms with Gasteiger partial charge in [-0.05, 0) is 41.5 Å². The molecule has 2 N–H and O–H groups in total. The quantitative estimate of drug-likeness (QED) is 0.434. The van der Waals surface area contributed by atoms with E-state index in [1.165, 1.54) is 28.4 Å². The predicted octanol–water partition coefficient (Wildman–Crippen LogP) is 1.81. The van der Waals surface area contributed by atoms with Gasteiger partial charge in [0.1, 0.15) is 35.6 Å². The van der Waals surface area contributed by atoms with Crippen molar-refractivity contribution < 1.29 is 42.7 Å². The van der Waals surface area contributed by atoms with Crippen LogP contribution < -0.4 is 10.6 Å². The van der Waals surface area contributed by atoms with Gasteiger partial charge in [-0.25, -0.2) is 14.6 Å². The smallest absolute Gasteiger partial charge is 0.414 e. The van der Waals surface area contributed by atoms with Gasteiger partial charge >= 0.3 is 12.2 Å². The summed E-state index contributed by atoms with van der Waals surface area (Å²) < 4.78 is 38.4. The van der Waals surface area contributed by atoms with E-state index in [-0.39, 0.29) is 12.5 Å². The molecule has 12 heteroatoms. The van der Waals surface area contributed by atoms with Crippen LogP contribution in [0.3, 0.4) is 0 Å². The number of guanidine groups is 1. The first-order valence-corrected chi connectivity index (χ1v) is 10.6. The van der Waals surface area contributed by atoms with E-state index in [2.05, 4.69) is 15.6 Å². The number of carbonyl (C=O) groups excluding carboxylic acids is 2. The fourth-order valence-corrected chi connectivity index (χ4v) is 3.11. The lowest BCUT2D eigenvalue weighted by atomic mass is 9.98. The number of rotatable bonds is 6. The van der Waals surface area contributed by atoms with E-state index < -0.39 is 54.1 Å². The Bertz CT molecular complexity index is 641. The molecule has 1 saturated heterocycles. The normalized spacial score (nSPS) is 25.7. The number of alkyl carbamates (subject to hydrolysis) is 2. The van der Waals surface area contributed by atoms with E-state index in [9.17, 15) is 9.59 Å². The summed E-state index contributed by atoms with van der Waals surface area (Å²) in [6.45, 7) is 10.3. The number of hydrogen-bond acceptors (Lipinski definition) is 10. The molecule has 0 unspecified atom stereocenters. The van der Waals surface area contributed by atoms with Crippen LogP contribution in [0.4, 0.5) is 9.59 Å². The molecule has 0 aromatic heterocycles. The average Bonchev–Trinajstić information content (AvgIpc) is 2.67. The molecule has 2 amide bonds. The molecule has 0 radical (unpaired) electrons. The fourth-order valence-electron chi connectivity index (χ4n) is 3.11. The molecule has 1 heterocycles. The molecule has 12 nitrogen and oxygen atoms in total. The lowest BCUT2D eigenvalue weighted by Gasteiger charge is -2.43. The molecule has 192 valence electrons. The number of nitrogens with one attached hydrogen (secondary N) is 2. The van der Waals surface area contributed by atoms with Crippen LogP contribution in [-0.4, -0.2) is 95.0 Å². The highest BCUT2D eigenvalue weighted by atomic mass is 16.7.